The summed E-state index contributed by atoms with van der Waals surface area (Å²) in [4.78, 5) is 2.64. The molecule has 2 unspecified atom stereocenters. The van der Waals surface area contributed by atoms with Gasteiger partial charge in [0, 0.05) is 26.2 Å². The highest BCUT2D eigenvalue weighted by molar-refractivity contribution is 5.85. The Balaban J connectivity index is 0.00000180. The van der Waals surface area contributed by atoms with Crippen molar-refractivity contribution < 1.29 is 4.74 Å². The maximum absolute atomic E-state index is 5.89. The lowest BCUT2D eigenvalue weighted by Gasteiger charge is -2.35. The molecule has 4 heteroatoms. The number of rotatable bonds is 6. The average molecular weight is 291 g/mol. The van der Waals surface area contributed by atoms with E-state index in [4.69, 9.17) is 4.74 Å². The molecule has 0 spiro atoms. The Kier molecular flexibility index (Phi) is 7.66. The van der Waals surface area contributed by atoms with Gasteiger partial charge in [-0.05, 0) is 50.6 Å². The van der Waals surface area contributed by atoms with Crippen molar-refractivity contribution >= 4 is 12.4 Å². The topological polar surface area (TPSA) is 24.5 Å². The minimum Gasteiger partial charge on any atom is -0.377 e. The SMILES string of the molecule is CCCN(CC1CCCCO1)CC1(C)CCNC1.Cl. The monoisotopic (exact) mass is 290 g/mol. The van der Waals surface area contributed by atoms with Crippen LogP contribution in [0.5, 0.6) is 0 Å². The summed E-state index contributed by atoms with van der Waals surface area (Å²) in [6.45, 7) is 11.6. The summed E-state index contributed by atoms with van der Waals surface area (Å²) in [5, 5.41) is 3.51. The van der Waals surface area contributed by atoms with Gasteiger partial charge < -0.3 is 15.0 Å². The molecule has 0 radical (unpaired) electrons. The van der Waals surface area contributed by atoms with Gasteiger partial charge in [0.1, 0.15) is 0 Å². The average Bonchev–Trinajstić information content (AvgIpc) is 2.77. The van der Waals surface area contributed by atoms with Crippen LogP contribution in [0.25, 0.3) is 0 Å². The number of ether oxygens (including phenoxy) is 1. The van der Waals surface area contributed by atoms with Crippen molar-refractivity contribution in [1.29, 1.82) is 0 Å². The largest absolute Gasteiger partial charge is 0.377 e. The van der Waals surface area contributed by atoms with Gasteiger partial charge in [0.25, 0.3) is 0 Å². The molecule has 2 saturated heterocycles. The van der Waals surface area contributed by atoms with Crippen LogP contribution in [0.15, 0.2) is 0 Å². The fourth-order valence-electron chi connectivity index (χ4n) is 3.33. The van der Waals surface area contributed by atoms with Gasteiger partial charge in [-0.3, -0.25) is 0 Å². The number of nitrogens with zero attached hydrogens (tertiary/aromatic N) is 1. The van der Waals surface area contributed by atoms with Crippen LogP contribution in [0, 0.1) is 5.41 Å². The zero-order valence-electron chi connectivity index (χ0n) is 12.6. The maximum Gasteiger partial charge on any atom is 0.0702 e. The Morgan fingerprint density at radius 1 is 1.37 bits per heavy atom. The van der Waals surface area contributed by atoms with Crippen molar-refractivity contribution in [2.75, 3.05) is 39.3 Å². The number of hydrogen-bond acceptors (Lipinski definition) is 3. The van der Waals surface area contributed by atoms with E-state index in [1.165, 1.54) is 58.3 Å². The Bertz CT molecular complexity index is 238. The Labute approximate surface area is 124 Å². The molecule has 2 heterocycles. The van der Waals surface area contributed by atoms with Crippen LogP contribution >= 0.6 is 12.4 Å². The van der Waals surface area contributed by atoms with E-state index in [9.17, 15) is 0 Å². The zero-order valence-corrected chi connectivity index (χ0v) is 13.4. The van der Waals surface area contributed by atoms with Crippen molar-refractivity contribution in [3.63, 3.8) is 0 Å². The van der Waals surface area contributed by atoms with E-state index >= 15 is 0 Å². The Hall–Kier alpha value is 0.170. The Morgan fingerprint density at radius 3 is 2.79 bits per heavy atom. The van der Waals surface area contributed by atoms with Gasteiger partial charge in [0.15, 0.2) is 0 Å². The molecule has 0 aliphatic carbocycles. The molecule has 0 bridgehead atoms. The van der Waals surface area contributed by atoms with E-state index in [2.05, 4.69) is 24.1 Å². The molecule has 1 N–H and O–H groups in total. The summed E-state index contributed by atoms with van der Waals surface area (Å²) in [7, 11) is 0. The van der Waals surface area contributed by atoms with Gasteiger partial charge >= 0.3 is 0 Å². The van der Waals surface area contributed by atoms with Crippen LogP contribution in [0.2, 0.25) is 0 Å². The molecule has 19 heavy (non-hydrogen) atoms. The summed E-state index contributed by atoms with van der Waals surface area (Å²) >= 11 is 0. The molecule has 2 rings (SSSR count). The second-order valence-electron chi connectivity index (χ2n) is 6.46. The highest BCUT2D eigenvalue weighted by atomic mass is 35.5. The van der Waals surface area contributed by atoms with Crippen LogP contribution in [-0.2, 0) is 4.74 Å². The summed E-state index contributed by atoms with van der Waals surface area (Å²) in [5.41, 5.74) is 0.476. The first-order valence-electron chi connectivity index (χ1n) is 7.76. The smallest absolute Gasteiger partial charge is 0.0702 e. The van der Waals surface area contributed by atoms with Crippen molar-refractivity contribution in [2.45, 2.75) is 52.1 Å². The van der Waals surface area contributed by atoms with Gasteiger partial charge in [0.2, 0.25) is 0 Å². The second kappa shape index (κ2) is 8.46. The normalized spacial score (nSPS) is 31.4. The van der Waals surface area contributed by atoms with Crippen LogP contribution in [-0.4, -0.2) is 50.3 Å². The first-order chi connectivity index (χ1) is 8.72. The van der Waals surface area contributed by atoms with E-state index in [0.717, 1.165) is 13.2 Å². The highest BCUT2D eigenvalue weighted by Crippen LogP contribution is 2.26. The first kappa shape index (κ1) is 17.2. The van der Waals surface area contributed by atoms with Gasteiger partial charge in [-0.15, -0.1) is 12.4 Å². The third kappa shape index (κ3) is 5.58. The molecule has 2 fully saturated rings. The van der Waals surface area contributed by atoms with Gasteiger partial charge in [0.05, 0.1) is 6.10 Å². The standard InChI is InChI=1S/C15H30N2O.ClH/c1-3-9-17(11-14-6-4-5-10-18-14)13-15(2)7-8-16-12-15;/h14,16H,3-13H2,1-2H3;1H. The quantitative estimate of drug-likeness (QED) is 0.814. The van der Waals surface area contributed by atoms with Gasteiger partial charge in [-0.25, -0.2) is 0 Å². The number of nitrogens with one attached hydrogen (secondary N) is 1. The van der Waals surface area contributed by atoms with E-state index in [-0.39, 0.29) is 12.4 Å². The molecule has 0 amide bonds. The van der Waals surface area contributed by atoms with Crippen LogP contribution < -0.4 is 5.32 Å². The van der Waals surface area contributed by atoms with E-state index < -0.39 is 0 Å². The van der Waals surface area contributed by atoms with Crippen molar-refractivity contribution in [3.05, 3.63) is 0 Å². The van der Waals surface area contributed by atoms with Crippen LogP contribution in [0.3, 0.4) is 0 Å². The third-order valence-corrected chi connectivity index (χ3v) is 4.34. The van der Waals surface area contributed by atoms with Crippen LogP contribution in [0.1, 0.15) is 46.0 Å². The summed E-state index contributed by atoms with van der Waals surface area (Å²) in [5.74, 6) is 0. The van der Waals surface area contributed by atoms with Crippen molar-refractivity contribution in [1.82, 2.24) is 10.2 Å². The molecule has 3 nitrogen and oxygen atoms in total. The summed E-state index contributed by atoms with van der Waals surface area (Å²) in [6, 6.07) is 0. The van der Waals surface area contributed by atoms with E-state index in [1.807, 2.05) is 0 Å². The minimum absolute atomic E-state index is 0. The summed E-state index contributed by atoms with van der Waals surface area (Å²) < 4.78 is 5.89. The third-order valence-electron chi connectivity index (χ3n) is 4.34. The molecular weight excluding hydrogens is 260 g/mol. The Morgan fingerprint density at radius 2 is 2.21 bits per heavy atom. The summed E-state index contributed by atoms with van der Waals surface area (Å²) in [6.07, 6.45) is 6.92. The van der Waals surface area contributed by atoms with E-state index in [0.29, 0.717) is 11.5 Å². The molecule has 2 aliphatic rings. The molecule has 2 atom stereocenters. The van der Waals surface area contributed by atoms with Crippen LogP contribution in [0.4, 0.5) is 0 Å². The molecular formula is C15H31ClN2O. The fraction of sp³-hybridized carbons (Fsp3) is 1.00. The highest BCUT2D eigenvalue weighted by Gasteiger charge is 2.31. The fourth-order valence-corrected chi connectivity index (χ4v) is 3.33. The molecule has 0 aromatic rings. The molecule has 2 aliphatic heterocycles. The van der Waals surface area contributed by atoms with Crippen molar-refractivity contribution in [2.24, 2.45) is 5.41 Å². The van der Waals surface area contributed by atoms with Gasteiger partial charge in [-0.2, -0.15) is 0 Å². The predicted molar refractivity (Wildman–Crippen MR) is 83.2 cm³/mol. The molecule has 0 saturated carbocycles. The van der Waals surface area contributed by atoms with E-state index in [1.54, 1.807) is 0 Å². The number of hydrogen-bond donors (Lipinski definition) is 1. The maximum atomic E-state index is 5.89. The number of halogens is 1. The second-order valence-corrected chi connectivity index (χ2v) is 6.46. The lowest BCUT2D eigenvalue weighted by molar-refractivity contribution is -0.0114. The van der Waals surface area contributed by atoms with Gasteiger partial charge in [-0.1, -0.05) is 13.8 Å². The van der Waals surface area contributed by atoms with Crippen molar-refractivity contribution in [3.8, 4) is 0 Å². The lowest BCUT2D eigenvalue weighted by atomic mass is 9.89. The lowest BCUT2D eigenvalue weighted by Crippen LogP contribution is -2.43. The molecule has 0 aromatic heterocycles. The minimum atomic E-state index is 0. The molecule has 0 aromatic carbocycles. The zero-order chi connectivity index (χ0) is 12.8. The first-order valence-corrected chi connectivity index (χ1v) is 7.76. The predicted octanol–water partition coefficient (Wildman–Crippen LogP) is 2.69. The molecule has 114 valence electrons.